The molecule has 138 valence electrons. The molecule has 0 radical (unpaired) electrons. The van der Waals surface area contributed by atoms with Crippen LogP contribution in [-0.2, 0) is 11.2 Å². The molecule has 6 heteroatoms. The molecule has 1 amide bonds. The van der Waals surface area contributed by atoms with Gasteiger partial charge in [-0.15, -0.1) is 0 Å². The van der Waals surface area contributed by atoms with Gasteiger partial charge in [0.2, 0.25) is 5.91 Å². The van der Waals surface area contributed by atoms with Gasteiger partial charge in [-0.1, -0.05) is 13.8 Å². The second-order valence-electron chi connectivity index (χ2n) is 6.96. The highest BCUT2D eigenvalue weighted by Gasteiger charge is 2.25. The second kappa shape index (κ2) is 7.95. The van der Waals surface area contributed by atoms with Crippen molar-refractivity contribution in [3.05, 3.63) is 28.7 Å². The van der Waals surface area contributed by atoms with Gasteiger partial charge < -0.3 is 10.4 Å². The molecule has 2 N–H and O–H groups in total. The van der Waals surface area contributed by atoms with Crippen molar-refractivity contribution >= 4 is 11.6 Å². The molecule has 0 aliphatic rings. The molecule has 25 heavy (non-hydrogen) atoms. The third kappa shape index (κ3) is 4.18. The fourth-order valence-corrected chi connectivity index (χ4v) is 3.20. The number of hydrogen-bond acceptors (Lipinski definition) is 4. The molecule has 0 aliphatic carbocycles. The Hall–Kier alpha value is -1.95. The second-order valence-corrected chi connectivity index (χ2v) is 6.96. The lowest BCUT2D eigenvalue weighted by molar-refractivity contribution is -0.121. The van der Waals surface area contributed by atoms with Crippen LogP contribution in [0.15, 0.2) is 6.07 Å². The van der Waals surface area contributed by atoms with Gasteiger partial charge in [0, 0.05) is 35.8 Å². The summed E-state index contributed by atoms with van der Waals surface area (Å²) in [6, 6.07) is 1.96. The molecule has 2 aromatic rings. The van der Waals surface area contributed by atoms with Gasteiger partial charge >= 0.3 is 0 Å². The first-order valence-electron chi connectivity index (χ1n) is 9.05. The zero-order chi connectivity index (χ0) is 18.6. The van der Waals surface area contributed by atoms with Crippen molar-refractivity contribution in [3.8, 4) is 0 Å². The lowest BCUT2D eigenvalue weighted by Crippen LogP contribution is -2.39. The maximum atomic E-state index is 12.3. The van der Waals surface area contributed by atoms with E-state index in [-0.39, 0.29) is 17.9 Å². The number of amides is 1. The molecule has 0 aliphatic heterocycles. The number of carbonyl (C=O) groups excluding carboxylic acids is 1. The van der Waals surface area contributed by atoms with Crippen LogP contribution in [-0.4, -0.2) is 38.8 Å². The first kappa shape index (κ1) is 19.4. The molecule has 0 bridgehead atoms. The summed E-state index contributed by atoms with van der Waals surface area (Å²) in [4.78, 5) is 16.9. The predicted octanol–water partition coefficient (Wildman–Crippen LogP) is 2.50. The van der Waals surface area contributed by atoms with E-state index in [0.29, 0.717) is 19.4 Å². The Labute approximate surface area is 149 Å². The number of carbonyl (C=O) groups is 1. The zero-order valence-corrected chi connectivity index (χ0v) is 16.0. The van der Waals surface area contributed by atoms with Gasteiger partial charge in [-0.3, -0.25) is 4.79 Å². The summed E-state index contributed by atoms with van der Waals surface area (Å²) in [5.41, 5.74) is 4.63. The van der Waals surface area contributed by atoms with Gasteiger partial charge in [-0.25, -0.2) is 9.50 Å². The third-order valence-corrected chi connectivity index (χ3v) is 5.38. The average molecular weight is 346 g/mol. The summed E-state index contributed by atoms with van der Waals surface area (Å²) in [7, 11) is 0. The van der Waals surface area contributed by atoms with Crippen molar-refractivity contribution < 1.29 is 9.90 Å². The van der Waals surface area contributed by atoms with Crippen molar-refractivity contribution in [2.45, 2.75) is 60.3 Å². The Morgan fingerprint density at radius 2 is 1.96 bits per heavy atom. The fraction of sp³-hybridized carbons (Fsp3) is 0.632. The number of aliphatic hydroxyl groups excluding tert-OH is 1. The molecule has 2 heterocycles. The Balaban J connectivity index is 2.03. The van der Waals surface area contributed by atoms with Gasteiger partial charge in [0.05, 0.1) is 12.3 Å². The van der Waals surface area contributed by atoms with E-state index in [1.165, 1.54) is 0 Å². The number of fused-ring (bicyclic) bond motifs is 1. The van der Waals surface area contributed by atoms with Crippen LogP contribution in [0, 0.1) is 26.2 Å². The number of hydrogen-bond donors (Lipinski definition) is 2. The standard InChI is InChI=1S/C19H30N4O2/c1-6-19(7-2,12-24)11-20-18(25)9-8-16-14(4)21-17-10-13(3)22-23(17)15(16)5/h10,24H,6-9,11-12H2,1-5H3,(H,20,25). The van der Waals surface area contributed by atoms with Crippen molar-refractivity contribution in [3.63, 3.8) is 0 Å². The van der Waals surface area contributed by atoms with Crippen LogP contribution >= 0.6 is 0 Å². The summed E-state index contributed by atoms with van der Waals surface area (Å²) in [6.07, 6.45) is 2.73. The van der Waals surface area contributed by atoms with Gasteiger partial charge in [-0.05, 0) is 45.6 Å². The first-order valence-corrected chi connectivity index (χ1v) is 9.05. The summed E-state index contributed by atoms with van der Waals surface area (Å²) in [5, 5.41) is 17.1. The molecule has 0 spiro atoms. The van der Waals surface area contributed by atoms with E-state index >= 15 is 0 Å². The minimum Gasteiger partial charge on any atom is -0.396 e. The number of aryl methyl sites for hydroxylation is 3. The van der Waals surface area contributed by atoms with Crippen molar-refractivity contribution in [1.82, 2.24) is 19.9 Å². The van der Waals surface area contributed by atoms with Crippen LogP contribution in [0.4, 0.5) is 0 Å². The van der Waals surface area contributed by atoms with E-state index in [9.17, 15) is 9.90 Å². The van der Waals surface area contributed by atoms with Crippen LogP contribution in [0.1, 0.15) is 55.8 Å². The Kier molecular flexibility index (Phi) is 6.16. The van der Waals surface area contributed by atoms with Crippen LogP contribution in [0.5, 0.6) is 0 Å². The molecule has 2 aromatic heterocycles. The quantitative estimate of drug-likeness (QED) is 0.770. The average Bonchev–Trinajstić information content (AvgIpc) is 2.97. The van der Waals surface area contributed by atoms with Crippen molar-refractivity contribution in [1.29, 1.82) is 0 Å². The van der Waals surface area contributed by atoms with Gasteiger partial charge in [0.15, 0.2) is 5.65 Å². The minimum absolute atomic E-state index is 0.00951. The normalized spacial score (nSPS) is 11.9. The van der Waals surface area contributed by atoms with E-state index in [0.717, 1.165) is 41.1 Å². The van der Waals surface area contributed by atoms with Gasteiger partial charge in [-0.2, -0.15) is 5.10 Å². The third-order valence-electron chi connectivity index (χ3n) is 5.38. The monoisotopic (exact) mass is 346 g/mol. The number of aromatic nitrogens is 3. The highest BCUT2D eigenvalue weighted by molar-refractivity contribution is 5.76. The van der Waals surface area contributed by atoms with Crippen molar-refractivity contribution in [2.75, 3.05) is 13.2 Å². The fourth-order valence-electron chi connectivity index (χ4n) is 3.20. The lowest BCUT2D eigenvalue weighted by atomic mass is 9.83. The highest BCUT2D eigenvalue weighted by Crippen LogP contribution is 2.24. The molecule has 2 rings (SSSR count). The molecule has 0 saturated heterocycles. The smallest absolute Gasteiger partial charge is 0.220 e. The molecule has 0 aromatic carbocycles. The molecule has 0 atom stereocenters. The number of nitrogens with zero attached hydrogens (tertiary/aromatic N) is 3. The van der Waals surface area contributed by atoms with E-state index < -0.39 is 0 Å². The molecular weight excluding hydrogens is 316 g/mol. The minimum atomic E-state index is -0.214. The number of aliphatic hydroxyl groups is 1. The summed E-state index contributed by atoms with van der Waals surface area (Å²) >= 11 is 0. The van der Waals surface area contributed by atoms with E-state index in [4.69, 9.17) is 0 Å². The summed E-state index contributed by atoms with van der Waals surface area (Å²) < 4.78 is 1.85. The Bertz CT molecular complexity index is 739. The summed E-state index contributed by atoms with van der Waals surface area (Å²) in [5.74, 6) is 0.00951. The first-order chi connectivity index (χ1) is 11.9. The summed E-state index contributed by atoms with van der Waals surface area (Å²) in [6.45, 7) is 10.7. The molecule has 0 fully saturated rings. The molecular formula is C19H30N4O2. The maximum absolute atomic E-state index is 12.3. The van der Waals surface area contributed by atoms with E-state index in [1.807, 2.05) is 45.2 Å². The van der Waals surface area contributed by atoms with Crippen LogP contribution < -0.4 is 5.32 Å². The maximum Gasteiger partial charge on any atom is 0.220 e. The molecule has 0 unspecified atom stereocenters. The molecule has 0 saturated carbocycles. The largest absolute Gasteiger partial charge is 0.396 e. The van der Waals surface area contributed by atoms with Crippen LogP contribution in [0.3, 0.4) is 0 Å². The van der Waals surface area contributed by atoms with Crippen molar-refractivity contribution in [2.24, 2.45) is 5.41 Å². The SMILES string of the molecule is CCC(CC)(CO)CNC(=O)CCc1c(C)nc2cc(C)nn2c1C. The zero-order valence-electron chi connectivity index (χ0n) is 16.0. The topological polar surface area (TPSA) is 79.5 Å². The Morgan fingerprint density at radius 3 is 2.56 bits per heavy atom. The van der Waals surface area contributed by atoms with Gasteiger partial charge in [0.1, 0.15) is 0 Å². The van der Waals surface area contributed by atoms with E-state index in [2.05, 4.69) is 15.4 Å². The number of rotatable bonds is 8. The Morgan fingerprint density at radius 1 is 1.28 bits per heavy atom. The van der Waals surface area contributed by atoms with Crippen LogP contribution in [0.25, 0.3) is 5.65 Å². The van der Waals surface area contributed by atoms with Gasteiger partial charge in [0.25, 0.3) is 0 Å². The predicted molar refractivity (Wildman–Crippen MR) is 98.6 cm³/mol. The lowest BCUT2D eigenvalue weighted by Gasteiger charge is -2.29. The molecule has 6 nitrogen and oxygen atoms in total. The van der Waals surface area contributed by atoms with E-state index in [1.54, 1.807) is 0 Å². The van der Waals surface area contributed by atoms with Crippen LogP contribution in [0.2, 0.25) is 0 Å². The number of nitrogens with one attached hydrogen (secondary N) is 1. The highest BCUT2D eigenvalue weighted by atomic mass is 16.3.